The predicted molar refractivity (Wildman–Crippen MR) is 87.9 cm³/mol. The van der Waals surface area contributed by atoms with Crippen LogP contribution < -0.4 is 5.32 Å². The number of rotatable bonds is 7. The van der Waals surface area contributed by atoms with Crippen LogP contribution in [0.15, 0.2) is 35.5 Å². The van der Waals surface area contributed by atoms with Crippen molar-refractivity contribution in [1.82, 2.24) is 9.97 Å². The smallest absolute Gasteiger partial charge is 0.190 e. The first-order chi connectivity index (χ1) is 10.2. The molecule has 0 amide bonds. The maximum Gasteiger partial charge on any atom is 0.190 e. The molecule has 1 heterocycles. The van der Waals surface area contributed by atoms with Crippen molar-refractivity contribution in [3.05, 3.63) is 46.6 Å². The lowest BCUT2D eigenvalue weighted by Crippen LogP contribution is -2.06. The summed E-state index contributed by atoms with van der Waals surface area (Å²) in [6, 6.07) is 9.93. The van der Waals surface area contributed by atoms with Crippen LogP contribution >= 0.6 is 23.4 Å². The van der Waals surface area contributed by atoms with Crippen LogP contribution in [-0.4, -0.2) is 22.8 Å². The molecule has 0 atom stereocenters. The Morgan fingerprint density at radius 1 is 1.24 bits per heavy atom. The zero-order valence-electron chi connectivity index (χ0n) is 12.1. The lowest BCUT2D eigenvalue weighted by molar-refractivity contribution is 0.133. The summed E-state index contributed by atoms with van der Waals surface area (Å²) in [4.78, 5) is 8.51. The Balaban J connectivity index is 2.07. The number of anilines is 1. The van der Waals surface area contributed by atoms with Gasteiger partial charge in [-0.05, 0) is 24.3 Å². The van der Waals surface area contributed by atoms with Gasteiger partial charge in [0.25, 0.3) is 0 Å². The van der Waals surface area contributed by atoms with Crippen LogP contribution in [0, 0.1) is 0 Å². The number of aromatic nitrogens is 2. The molecule has 0 radical (unpaired) electrons. The Morgan fingerprint density at radius 2 is 2.00 bits per heavy atom. The fourth-order valence-corrected chi connectivity index (χ4v) is 2.46. The first-order valence-corrected chi connectivity index (χ1v) is 8.30. The van der Waals surface area contributed by atoms with Gasteiger partial charge in [-0.2, -0.15) is 0 Å². The lowest BCUT2D eigenvalue weighted by atomic mass is 10.1. The summed E-state index contributed by atoms with van der Waals surface area (Å²) in [7, 11) is 0. The van der Waals surface area contributed by atoms with Crippen LogP contribution in [-0.2, 0) is 17.9 Å². The van der Waals surface area contributed by atoms with Crippen LogP contribution in [0.1, 0.15) is 18.1 Å². The van der Waals surface area contributed by atoms with E-state index < -0.39 is 0 Å². The molecule has 21 heavy (non-hydrogen) atoms. The highest BCUT2D eigenvalue weighted by atomic mass is 35.5. The van der Waals surface area contributed by atoms with Gasteiger partial charge in [0.1, 0.15) is 11.0 Å². The molecule has 0 saturated carbocycles. The molecule has 2 rings (SSSR count). The molecule has 1 N–H and O–H groups in total. The first kappa shape index (κ1) is 16.1. The minimum atomic E-state index is 0.444. The third kappa shape index (κ3) is 4.88. The van der Waals surface area contributed by atoms with E-state index >= 15 is 0 Å². The third-order valence-corrected chi connectivity index (χ3v) is 3.64. The second-order valence-corrected chi connectivity index (χ2v) is 5.48. The van der Waals surface area contributed by atoms with Crippen molar-refractivity contribution in [3.8, 4) is 0 Å². The van der Waals surface area contributed by atoms with Crippen molar-refractivity contribution < 1.29 is 4.74 Å². The number of ether oxygens (including phenoxy) is 1. The largest absolute Gasteiger partial charge is 0.377 e. The SMILES string of the molecule is CCOCc1ccccc1CNc1cc(Cl)nc(SC)n1. The Morgan fingerprint density at radius 3 is 2.71 bits per heavy atom. The highest BCUT2D eigenvalue weighted by Crippen LogP contribution is 2.18. The molecule has 0 aliphatic carbocycles. The zero-order chi connectivity index (χ0) is 15.1. The molecule has 0 unspecified atom stereocenters. The number of thioether (sulfide) groups is 1. The summed E-state index contributed by atoms with van der Waals surface area (Å²) >= 11 is 7.45. The van der Waals surface area contributed by atoms with Crippen molar-refractivity contribution in [3.63, 3.8) is 0 Å². The highest BCUT2D eigenvalue weighted by Gasteiger charge is 2.05. The summed E-state index contributed by atoms with van der Waals surface area (Å²) in [6.45, 7) is 3.99. The van der Waals surface area contributed by atoms with Gasteiger partial charge in [-0.1, -0.05) is 47.6 Å². The zero-order valence-corrected chi connectivity index (χ0v) is 13.7. The van der Waals surface area contributed by atoms with E-state index in [-0.39, 0.29) is 0 Å². The van der Waals surface area contributed by atoms with E-state index in [2.05, 4.69) is 27.4 Å². The van der Waals surface area contributed by atoms with E-state index in [1.807, 2.05) is 25.3 Å². The molecule has 6 heteroatoms. The third-order valence-electron chi connectivity index (χ3n) is 2.90. The number of halogens is 1. The predicted octanol–water partition coefficient (Wildman–Crippen LogP) is 4.00. The molecule has 0 bridgehead atoms. The molecule has 0 spiro atoms. The van der Waals surface area contributed by atoms with E-state index in [1.165, 1.54) is 22.9 Å². The molecule has 0 fully saturated rings. The number of nitrogens with zero attached hydrogens (tertiary/aromatic N) is 2. The minimum absolute atomic E-state index is 0.444. The van der Waals surface area contributed by atoms with Crippen molar-refractivity contribution in [2.45, 2.75) is 25.2 Å². The molecule has 2 aromatic rings. The van der Waals surface area contributed by atoms with Crippen LogP contribution in [0.5, 0.6) is 0 Å². The summed E-state index contributed by atoms with van der Waals surface area (Å²) in [5.74, 6) is 0.727. The number of nitrogens with one attached hydrogen (secondary N) is 1. The van der Waals surface area contributed by atoms with Gasteiger partial charge >= 0.3 is 0 Å². The molecule has 0 saturated heterocycles. The summed E-state index contributed by atoms with van der Waals surface area (Å²) in [6.07, 6.45) is 1.92. The maximum atomic E-state index is 5.99. The Labute approximate surface area is 134 Å². The Kier molecular flexibility index (Phi) is 6.29. The lowest BCUT2D eigenvalue weighted by Gasteiger charge is -2.11. The van der Waals surface area contributed by atoms with Gasteiger partial charge in [0.05, 0.1) is 6.61 Å². The van der Waals surface area contributed by atoms with E-state index in [0.29, 0.717) is 30.1 Å². The summed E-state index contributed by atoms with van der Waals surface area (Å²) in [5, 5.41) is 4.39. The van der Waals surface area contributed by atoms with Crippen molar-refractivity contribution in [2.24, 2.45) is 0 Å². The van der Waals surface area contributed by atoms with E-state index in [0.717, 1.165) is 5.82 Å². The fourth-order valence-electron chi connectivity index (χ4n) is 1.85. The van der Waals surface area contributed by atoms with E-state index in [4.69, 9.17) is 16.3 Å². The normalized spacial score (nSPS) is 10.6. The fraction of sp³-hybridized carbons (Fsp3) is 0.333. The van der Waals surface area contributed by atoms with Gasteiger partial charge in [-0.15, -0.1) is 0 Å². The van der Waals surface area contributed by atoms with Gasteiger partial charge in [-0.3, -0.25) is 0 Å². The molecule has 1 aromatic heterocycles. The second-order valence-electron chi connectivity index (χ2n) is 4.32. The monoisotopic (exact) mass is 323 g/mol. The molecule has 1 aromatic carbocycles. The van der Waals surface area contributed by atoms with Crippen molar-refractivity contribution in [1.29, 1.82) is 0 Å². The summed E-state index contributed by atoms with van der Waals surface area (Å²) < 4.78 is 5.49. The van der Waals surface area contributed by atoms with Gasteiger partial charge in [0, 0.05) is 19.2 Å². The molecule has 0 aliphatic heterocycles. The molecular formula is C15H18ClN3OS. The van der Waals surface area contributed by atoms with Gasteiger partial charge in [-0.25, -0.2) is 9.97 Å². The first-order valence-electron chi connectivity index (χ1n) is 6.70. The number of hydrogen-bond donors (Lipinski definition) is 1. The Hall–Kier alpha value is -1.30. The molecule has 112 valence electrons. The topological polar surface area (TPSA) is 47.0 Å². The molecule has 4 nitrogen and oxygen atoms in total. The van der Waals surface area contributed by atoms with E-state index in [1.54, 1.807) is 6.07 Å². The number of hydrogen-bond acceptors (Lipinski definition) is 5. The average Bonchev–Trinajstić information content (AvgIpc) is 2.51. The van der Waals surface area contributed by atoms with Crippen LogP contribution in [0.3, 0.4) is 0 Å². The minimum Gasteiger partial charge on any atom is -0.377 e. The molecule has 0 aliphatic rings. The second kappa shape index (κ2) is 8.22. The van der Waals surface area contributed by atoms with Crippen LogP contribution in [0.25, 0.3) is 0 Å². The maximum absolute atomic E-state index is 5.99. The van der Waals surface area contributed by atoms with Crippen molar-refractivity contribution in [2.75, 3.05) is 18.2 Å². The van der Waals surface area contributed by atoms with Crippen molar-refractivity contribution >= 4 is 29.2 Å². The standard InChI is InChI=1S/C15H18ClN3OS/c1-3-20-10-12-7-5-4-6-11(12)9-17-14-8-13(16)18-15(19-14)21-2/h4-8H,3,9-10H2,1-2H3,(H,17,18,19). The number of benzene rings is 1. The van der Waals surface area contributed by atoms with E-state index in [9.17, 15) is 0 Å². The van der Waals surface area contributed by atoms with Gasteiger partial charge in [0.2, 0.25) is 0 Å². The van der Waals surface area contributed by atoms with Gasteiger partial charge in [0.15, 0.2) is 5.16 Å². The molecular weight excluding hydrogens is 306 g/mol. The van der Waals surface area contributed by atoms with Crippen LogP contribution in [0.2, 0.25) is 5.15 Å². The average molecular weight is 324 g/mol. The Bertz CT molecular complexity index is 595. The van der Waals surface area contributed by atoms with Gasteiger partial charge < -0.3 is 10.1 Å². The quantitative estimate of drug-likeness (QED) is 0.474. The summed E-state index contributed by atoms with van der Waals surface area (Å²) in [5.41, 5.74) is 2.36. The highest BCUT2D eigenvalue weighted by molar-refractivity contribution is 7.98. The van der Waals surface area contributed by atoms with Crippen LogP contribution in [0.4, 0.5) is 5.82 Å².